The summed E-state index contributed by atoms with van der Waals surface area (Å²) in [5, 5.41) is 0. The number of hydrogen-bond donors (Lipinski definition) is 0. The van der Waals surface area contributed by atoms with Crippen LogP contribution >= 0.6 is 0 Å². The number of nitrogens with zero attached hydrogens (tertiary/aromatic N) is 3. The van der Waals surface area contributed by atoms with E-state index in [0.717, 1.165) is 6.42 Å². The van der Waals surface area contributed by atoms with E-state index >= 15 is 0 Å². The lowest BCUT2D eigenvalue weighted by atomic mass is 10.2. The van der Waals surface area contributed by atoms with Crippen LogP contribution in [0.4, 0.5) is 0 Å². The van der Waals surface area contributed by atoms with Crippen LogP contribution in [0.15, 0.2) is 54.9 Å². The first-order valence-electron chi connectivity index (χ1n) is 7.79. The Hall–Kier alpha value is -2.69. The fourth-order valence-corrected chi connectivity index (χ4v) is 2.76. The van der Waals surface area contributed by atoms with Crippen molar-refractivity contribution in [3.63, 3.8) is 0 Å². The van der Waals surface area contributed by atoms with Crippen molar-refractivity contribution in [3.05, 3.63) is 66.0 Å². The zero-order chi connectivity index (χ0) is 16.1. The number of aromatic nitrogens is 1. The highest BCUT2D eigenvalue weighted by atomic mass is 16.2. The second kappa shape index (κ2) is 7.05. The van der Waals surface area contributed by atoms with Crippen molar-refractivity contribution >= 4 is 11.8 Å². The predicted molar refractivity (Wildman–Crippen MR) is 87.1 cm³/mol. The van der Waals surface area contributed by atoms with Crippen LogP contribution in [0.1, 0.15) is 27.1 Å². The maximum absolute atomic E-state index is 12.5. The second-order valence-electron chi connectivity index (χ2n) is 5.54. The van der Waals surface area contributed by atoms with Crippen LogP contribution in [0.25, 0.3) is 0 Å². The Kier molecular flexibility index (Phi) is 4.66. The molecule has 0 saturated carbocycles. The summed E-state index contributed by atoms with van der Waals surface area (Å²) in [6.07, 6.45) is 4.03. The van der Waals surface area contributed by atoms with E-state index < -0.39 is 0 Å². The molecule has 1 aliphatic heterocycles. The number of carbonyl (C=O) groups is 2. The van der Waals surface area contributed by atoms with Gasteiger partial charge in [0.25, 0.3) is 11.8 Å². The first-order chi connectivity index (χ1) is 11.3. The molecule has 0 aliphatic carbocycles. The summed E-state index contributed by atoms with van der Waals surface area (Å²) >= 11 is 0. The summed E-state index contributed by atoms with van der Waals surface area (Å²) in [5.41, 5.74) is 1.34. The summed E-state index contributed by atoms with van der Waals surface area (Å²) in [7, 11) is 0. The quantitative estimate of drug-likeness (QED) is 0.853. The van der Waals surface area contributed by atoms with E-state index in [-0.39, 0.29) is 11.8 Å². The molecular weight excluding hydrogens is 290 g/mol. The molecule has 0 N–H and O–H groups in total. The summed E-state index contributed by atoms with van der Waals surface area (Å²) in [6.45, 7) is 2.46. The van der Waals surface area contributed by atoms with Crippen molar-refractivity contribution in [3.8, 4) is 0 Å². The highest BCUT2D eigenvalue weighted by Crippen LogP contribution is 2.11. The molecule has 2 aromatic rings. The predicted octanol–water partition coefficient (Wildman–Crippen LogP) is 2.07. The minimum atomic E-state index is 0.00131. The van der Waals surface area contributed by atoms with E-state index in [0.29, 0.717) is 37.3 Å². The molecule has 5 nitrogen and oxygen atoms in total. The molecule has 23 heavy (non-hydrogen) atoms. The minimum Gasteiger partial charge on any atom is -0.337 e. The average molecular weight is 309 g/mol. The smallest absolute Gasteiger partial charge is 0.254 e. The zero-order valence-corrected chi connectivity index (χ0v) is 12.9. The molecule has 118 valence electrons. The SMILES string of the molecule is O=C(c1ccccc1)N1CCCN(C(=O)c2ccncc2)CC1. The van der Waals surface area contributed by atoms with Gasteiger partial charge in [-0.05, 0) is 30.7 Å². The molecule has 5 heteroatoms. The van der Waals surface area contributed by atoms with Crippen LogP contribution in [-0.4, -0.2) is 52.8 Å². The van der Waals surface area contributed by atoms with E-state index in [4.69, 9.17) is 0 Å². The first-order valence-corrected chi connectivity index (χ1v) is 7.79. The molecule has 0 radical (unpaired) electrons. The molecule has 0 spiro atoms. The van der Waals surface area contributed by atoms with Crippen molar-refractivity contribution in [2.75, 3.05) is 26.2 Å². The Morgan fingerprint density at radius 2 is 1.26 bits per heavy atom. The van der Waals surface area contributed by atoms with E-state index in [2.05, 4.69) is 4.98 Å². The third kappa shape index (κ3) is 3.56. The molecule has 3 rings (SSSR count). The van der Waals surface area contributed by atoms with Crippen molar-refractivity contribution in [1.29, 1.82) is 0 Å². The monoisotopic (exact) mass is 309 g/mol. The van der Waals surface area contributed by atoms with Crippen LogP contribution in [0.5, 0.6) is 0 Å². The van der Waals surface area contributed by atoms with Gasteiger partial charge >= 0.3 is 0 Å². The van der Waals surface area contributed by atoms with Gasteiger partial charge in [0.1, 0.15) is 0 Å². The Bertz CT molecular complexity index is 614. The topological polar surface area (TPSA) is 53.5 Å². The van der Waals surface area contributed by atoms with Crippen molar-refractivity contribution in [2.45, 2.75) is 6.42 Å². The van der Waals surface area contributed by atoms with Crippen molar-refractivity contribution in [2.24, 2.45) is 0 Å². The van der Waals surface area contributed by atoms with Gasteiger partial charge in [0, 0.05) is 49.7 Å². The zero-order valence-electron chi connectivity index (χ0n) is 12.9. The van der Waals surface area contributed by atoms with Gasteiger partial charge in [0.05, 0.1) is 0 Å². The Morgan fingerprint density at radius 3 is 1.83 bits per heavy atom. The normalized spacial score (nSPS) is 15.1. The maximum atomic E-state index is 12.5. The van der Waals surface area contributed by atoms with Gasteiger partial charge in [0.15, 0.2) is 0 Å². The van der Waals surface area contributed by atoms with Crippen LogP contribution in [0.2, 0.25) is 0 Å². The summed E-state index contributed by atoms with van der Waals surface area (Å²) in [4.78, 5) is 32.6. The molecule has 1 aromatic heterocycles. The molecule has 1 aliphatic rings. The number of carbonyl (C=O) groups excluding carboxylic acids is 2. The molecule has 0 atom stereocenters. The van der Waals surface area contributed by atoms with Crippen LogP contribution in [-0.2, 0) is 0 Å². The molecular formula is C18H19N3O2. The number of amides is 2. The van der Waals surface area contributed by atoms with Gasteiger partial charge in [-0.25, -0.2) is 0 Å². The maximum Gasteiger partial charge on any atom is 0.254 e. The highest BCUT2D eigenvalue weighted by molar-refractivity contribution is 5.95. The van der Waals surface area contributed by atoms with Gasteiger partial charge in [-0.3, -0.25) is 14.6 Å². The van der Waals surface area contributed by atoms with Crippen LogP contribution < -0.4 is 0 Å². The third-order valence-electron chi connectivity index (χ3n) is 4.02. The summed E-state index contributed by atoms with van der Waals surface area (Å²) in [6, 6.07) is 12.7. The molecule has 0 bridgehead atoms. The van der Waals surface area contributed by atoms with E-state index in [1.165, 1.54) is 0 Å². The minimum absolute atomic E-state index is 0.00131. The molecule has 1 aromatic carbocycles. The molecule has 1 fully saturated rings. The van der Waals surface area contributed by atoms with Crippen LogP contribution in [0.3, 0.4) is 0 Å². The summed E-state index contributed by atoms with van der Waals surface area (Å²) in [5.74, 6) is 0.0326. The van der Waals surface area contributed by atoms with E-state index in [9.17, 15) is 9.59 Å². The lowest BCUT2D eigenvalue weighted by Gasteiger charge is -2.22. The van der Waals surface area contributed by atoms with Gasteiger partial charge < -0.3 is 9.80 Å². The molecule has 2 amide bonds. The highest BCUT2D eigenvalue weighted by Gasteiger charge is 2.23. The van der Waals surface area contributed by atoms with Crippen molar-refractivity contribution in [1.82, 2.24) is 14.8 Å². The number of pyridine rings is 1. The van der Waals surface area contributed by atoms with Gasteiger partial charge in [-0.1, -0.05) is 18.2 Å². The van der Waals surface area contributed by atoms with E-state index in [1.807, 2.05) is 40.1 Å². The fraction of sp³-hybridized carbons (Fsp3) is 0.278. The lowest BCUT2D eigenvalue weighted by Crippen LogP contribution is -2.37. The average Bonchev–Trinajstić information content (AvgIpc) is 2.88. The fourth-order valence-electron chi connectivity index (χ4n) is 2.76. The largest absolute Gasteiger partial charge is 0.337 e. The van der Waals surface area contributed by atoms with E-state index in [1.54, 1.807) is 24.5 Å². The molecule has 1 saturated heterocycles. The van der Waals surface area contributed by atoms with Crippen LogP contribution in [0, 0.1) is 0 Å². The lowest BCUT2D eigenvalue weighted by molar-refractivity contribution is 0.0718. The number of rotatable bonds is 2. The second-order valence-corrected chi connectivity index (χ2v) is 5.54. The van der Waals surface area contributed by atoms with Gasteiger partial charge in [-0.15, -0.1) is 0 Å². The number of hydrogen-bond acceptors (Lipinski definition) is 3. The third-order valence-corrected chi connectivity index (χ3v) is 4.02. The molecule has 0 unspecified atom stereocenters. The Balaban J connectivity index is 1.66. The Labute approximate surface area is 135 Å². The standard InChI is InChI=1S/C18H19N3O2/c22-17(15-5-2-1-3-6-15)20-11-4-12-21(14-13-20)18(23)16-7-9-19-10-8-16/h1-3,5-10H,4,11-14H2. The molecule has 2 heterocycles. The van der Waals surface area contributed by atoms with Gasteiger partial charge in [0.2, 0.25) is 0 Å². The first kappa shape index (κ1) is 15.2. The number of benzene rings is 1. The van der Waals surface area contributed by atoms with Gasteiger partial charge in [-0.2, -0.15) is 0 Å². The summed E-state index contributed by atoms with van der Waals surface area (Å²) < 4.78 is 0. The van der Waals surface area contributed by atoms with Crippen molar-refractivity contribution < 1.29 is 9.59 Å². The Morgan fingerprint density at radius 1 is 0.739 bits per heavy atom.